The van der Waals surface area contributed by atoms with Gasteiger partial charge in [-0.3, -0.25) is 0 Å². The molecule has 27 heteroatoms. The molecule has 8 aromatic rings. The van der Waals surface area contributed by atoms with Gasteiger partial charge in [0.1, 0.15) is 46.0 Å². The van der Waals surface area contributed by atoms with Crippen LogP contribution in [0.2, 0.25) is 0 Å². The van der Waals surface area contributed by atoms with Gasteiger partial charge in [-0.25, -0.2) is 0 Å². The van der Waals surface area contributed by atoms with E-state index in [2.05, 4.69) is 20.8 Å². The van der Waals surface area contributed by atoms with Gasteiger partial charge >= 0.3 is 33.0 Å². The van der Waals surface area contributed by atoms with Gasteiger partial charge in [0.2, 0.25) is 26.6 Å². The third-order valence-electron chi connectivity index (χ3n) is 8.28. The molecule has 8 N–H and O–H groups in total. The van der Waals surface area contributed by atoms with Crippen LogP contribution in [-0.4, -0.2) is 0 Å². The SMILES string of the molecule is N[N-]P(=S)(Oc1ccccc1)Oc1ccccc1.N[N-]P(=S)(Oc1ccccc1)Oc1ccccc1.N[N-]P(=S)(Oc1ccccc1)Oc1ccccc1.N[N-]P(=S)(Oc1ccccc1)Oc1ccccc1.[Cl][Ni][Cl]. The second kappa shape index (κ2) is 35.0. The van der Waals surface area contributed by atoms with E-state index in [0.29, 0.717) is 58.7 Å². The summed E-state index contributed by atoms with van der Waals surface area (Å²) in [5, 5.41) is 14.4. The molecule has 0 aliphatic heterocycles. The first-order chi connectivity index (χ1) is 36.3. The van der Waals surface area contributed by atoms with Gasteiger partial charge in [0.25, 0.3) is 0 Å². The monoisotopic (exact) mass is 1240 g/mol. The molecule has 0 saturated carbocycles. The first-order valence-corrected chi connectivity index (χ1v) is 34.3. The zero-order valence-corrected chi connectivity index (χ0v) is 48.3. The summed E-state index contributed by atoms with van der Waals surface area (Å²) < 4.78 is 44.5. The van der Waals surface area contributed by atoms with Crippen LogP contribution in [-0.2, 0) is 59.9 Å². The molecule has 0 atom stereocenters. The van der Waals surface area contributed by atoms with Crippen molar-refractivity contribution < 1.29 is 48.8 Å². The van der Waals surface area contributed by atoms with Gasteiger partial charge in [0.05, 0.1) is 0 Å². The number of rotatable bonds is 20. The normalized spacial score (nSPS) is 10.8. The second-order valence-electron chi connectivity index (χ2n) is 13.6. The third-order valence-corrected chi connectivity index (χ3v) is 15.9. The topological polar surface area (TPSA) is 234 Å². The van der Waals surface area contributed by atoms with Crippen molar-refractivity contribution in [2.45, 2.75) is 0 Å². The zero-order valence-electron chi connectivity index (χ0n) is 39.0. The van der Waals surface area contributed by atoms with E-state index in [-0.39, 0.29) is 0 Å². The fourth-order valence-corrected chi connectivity index (χ4v) is 10.9. The third kappa shape index (κ3) is 25.5. The zero-order chi connectivity index (χ0) is 54.1. The summed E-state index contributed by atoms with van der Waals surface area (Å²) in [6.45, 7) is -11.6. The van der Waals surface area contributed by atoms with Gasteiger partial charge in [0, 0.05) is 0 Å². The van der Waals surface area contributed by atoms with Crippen LogP contribution in [0.1, 0.15) is 0 Å². The standard InChI is InChI=1S/4C12H12N2O2PS.2ClH.Ni/c4*13-14-17(18,15-11-7-3-1-4-8-11)16-12-9-5-2-6-10-12;;;/h4*1-10H,13H2;2*1H;/q4*-1;;;+2/p-2. The van der Waals surface area contributed by atoms with Crippen molar-refractivity contribution in [3.05, 3.63) is 263 Å². The van der Waals surface area contributed by atoms with Gasteiger partial charge in [0.15, 0.2) is 0 Å². The maximum atomic E-state index is 5.57. The summed E-state index contributed by atoms with van der Waals surface area (Å²) >= 11 is 21.5. The number of halogens is 2. The molecule has 0 amide bonds. The van der Waals surface area contributed by atoms with Gasteiger partial charge in [-0.05, 0) is 144 Å². The van der Waals surface area contributed by atoms with E-state index in [1.165, 1.54) is 0 Å². The van der Waals surface area contributed by atoms with Crippen molar-refractivity contribution in [3.8, 4) is 46.0 Å². The Labute approximate surface area is 472 Å². The Kier molecular flexibility index (Phi) is 29.4. The summed E-state index contributed by atoms with van der Waals surface area (Å²) in [4.78, 5) is 0. The Morgan fingerprint density at radius 3 is 0.427 bits per heavy atom. The summed E-state index contributed by atoms with van der Waals surface area (Å²) in [6.07, 6.45) is 0. The number of hydrogen-bond acceptors (Lipinski definition) is 16. The van der Waals surface area contributed by atoms with E-state index in [4.69, 9.17) is 127 Å². The molecule has 8 aromatic carbocycles. The number of benzene rings is 8. The Morgan fingerprint density at radius 2 is 0.347 bits per heavy atom. The van der Waals surface area contributed by atoms with Gasteiger partial charge in [-0.2, -0.15) is 0 Å². The van der Waals surface area contributed by atoms with Crippen molar-refractivity contribution >= 4 is 94.2 Å². The molecule has 0 saturated heterocycles. The van der Waals surface area contributed by atoms with Crippen molar-refractivity contribution in [1.82, 2.24) is 0 Å². The van der Waals surface area contributed by atoms with Crippen LogP contribution < -0.4 is 59.6 Å². The Morgan fingerprint density at radius 1 is 0.253 bits per heavy atom. The van der Waals surface area contributed by atoms with E-state index in [1.807, 2.05) is 146 Å². The molecule has 0 aliphatic carbocycles. The molecule has 0 bridgehead atoms. The predicted molar refractivity (Wildman–Crippen MR) is 316 cm³/mol. The first-order valence-electron chi connectivity index (χ1n) is 21.2. The van der Waals surface area contributed by atoms with Crippen LogP contribution in [0.25, 0.3) is 20.8 Å². The second-order valence-corrected chi connectivity index (χ2v) is 26.9. The molecular formula is C48H48Cl2N8NiO8P4S4-4. The predicted octanol–water partition coefficient (Wildman–Crippen LogP) is 15.8. The molecule has 0 fully saturated rings. The van der Waals surface area contributed by atoms with Crippen molar-refractivity contribution in [2.24, 2.45) is 23.4 Å². The molecule has 75 heavy (non-hydrogen) atoms. The fraction of sp³-hybridized carbons (Fsp3) is 0. The van der Waals surface area contributed by atoms with Gasteiger partial charge < -0.3 is 80.3 Å². The average molecular weight is 1250 g/mol. The number of nitrogens with zero attached hydrogens (tertiary/aromatic N) is 4. The number of hydrogen-bond donors (Lipinski definition) is 4. The van der Waals surface area contributed by atoms with Gasteiger partial charge in [-0.1, -0.05) is 146 Å². The molecule has 400 valence electrons. The molecule has 0 heterocycles. The quantitative estimate of drug-likeness (QED) is 0.0240. The molecule has 8 rings (SSSR count). The summed E-state index contributed by atoms with van der Waals surface area (Å²) in [6, 6.07) is 73.0. The minimum absolute atomic E-state index is 0.569. The van der Waals surface area contributed by atoms with Crippen LogP contribution in [0.3, 0.4) is 0 Å². The Balaban J connectivity index is 0.000000212. The molecule has 0 aliphatic rings. The molecule has 0 radical (unpaired) electrons. The summed E-state index contributed by atoms with van der Waals surface area (Å²) in [7, 11) is 9.40. The molecule has 0 unspecified atom stereocenters. The van der Waals surface area contributed by atoms with Crippen molar-refractivity contribution in [2.75, 3.05) is 0 Å². The van der Waals surface area contributed by atoms with E-state index >= 15 is 0 Å². The minimum atomic E-state index is -2.91. The van der Waals surface area contributed by atoms with Crippen LogP contribution in [0, 0.1) is 0 Å². The van der Waals surface area contributed by atoms with Crippen molar-refractivity contribution in [3.63, 3.8) is 0 Å². The molecule has 0 aromatic heterocycles. The van der Waals surface area contributed by atoms with E-state index in [0.717, 1.165) is 0 Å². The number of nitrogens with two attached hydrogens (primary N) is 4. The van der Waals surface area contributed by atoms with Crippen LogP contribution in [0.5, 0.6) is 46.0 Å². The van der Waals surface area contributed by atoms with Gasteiger partial charge in [-0.15, -0.1) is 0 Å². The molecule has 0 spiro atoms. The van der Waals surface area contributed by atoms with Crippen molar-refractivity contribution in [1.29, 1.82) is 0 Å². The van der Waals surface area contributed by atoms with E-state index < -0.39 is 26.6 Å². The van der Waals surface area contributed by atoms with Crippen LogP contribution in [0.15, 0.2) is 243 Å². The first kappa shape index (κ1) is 63.0. The molecule has 16 nitrogen and oxygen atoms in total. The summed E-state index contributed by atoms with van der Waals surface area (Å²) in [5.74, 6) is 26.0. The Hall–Kier alpha value is -4.49. The van der Waals surface area contributed by atoms with E-state index in [1.54, 1.807) is 97.1 Å². The average Bonchev–Trinajstić information content (AvgIpc) is 3.44. The number of para-hydroxylation sites is 8. The summed E-state index contributed by atoms with van der Waals surface area (Å²) in [5.41, 5.74) is 0. The van der Waals surface area contributed by atoms with E-state index in [9.17, 15) is 0 Å². The maximum absolute atomic E-state index is 5.57. The molecular weight excluding hydrogens is 1200 g/mol. The Bertz CT molecular complexity index is 2410. The van der Waals surface area contributed by atoms with Crippen LogP contribution in [0.4, 0.5) is 0 Å². The fourth-order valence-electron chi connectivity index (χ4n) is 5.18. The van der Waals surface area contributed by atoms with Crippen LogP contribution >= 0.6 is 47.0 Å².